The van der Waals surface area contributed by atoms with Gasteiger partial charge < -0.3 is 10.1 Å². The molecule has 0 bridgehead atoms. The number of fused-ring (bicyclic) bond motifs is 1. The van der Waals surface area contributed by atoms with Crippen molar-refractivity contribution in [3.63, 3.8) is 0 Å². The van der Waals surface area contributed by atoms with Gasteiger partial charge >= 0.3 is 5.97 Å². The number of hydrogen-bond donors (Lipinski definition) is 2. The Kier molecular flexibility index (Phi) is 5.98. The maximum Gasteiger partial charge on any atom is 0.338 e. The number of ether oxygens (including phenoxy) is 1. The number of carbonyl (C=O) groups is 2. The summed E-state index contributed by atoms with van der Waals surface area (Å²) in [6.45, 7) is 6.57. The smallest absolute Gasteiger partial charge is 0.338 e. The third kappa shape index (κ3) is 4.09. The Bertz CT molecular complexity index is 1290. The zero-order chi connectivity index (χ0) is 22.7. The number of esters is 1. The number of aryl methyl sites for hydroxylation is 1. The van der Waals surface area contributed by atoms with E-state index in [2.05, 4.69) is 15.5 Å². The molecule has 0 saturated carbocycles. The number of H-pyrrole nitrogens is 1. The number of pyridine rings is 1. The third-order valence-electron chi connectivity index (χ3n) is 5.20. The van der Waals surface area contributed by atoms with Crippen molar-refractivity contribution >= 4 is 22.9 Å². The molecule has 2 heterocycles. The standard InChI is InChI=1S/C25H24N4O3/c1-4-26-24(30)18-10-11-19(15(3)14-18)21-13-12-20-22(28-29-23(20)27-21)16-6-8-17(9-7-16)25(31)32-5-2/h6-14H,4-5H2,1-3H3,(H,26,30)(H,27,28,29). The first-order valence-electron chi connectivity index (χ1n) is 10.5. The van der Waals surface area contributed by atoms with E-state index in [-0.39, 0.29) is 11.9 Å². The highest BCUT2D eigenvalue weighted by atomic mass is 16.5. The van der Waals surface area contributed by atoms with Crippen molar-refractivity contribution in [3.05, 3.63) is 71.3 Å². The van der Waals surface area contributed by atoms with Crippen LogP contribution in [-0.2, 0) is 4.74 Å². The SMILES string of the molecule is CCNC(=O)c1ccc(-c2ccc3c(-c4ccc(C(=O)OCC)cc4)n[nH]c3n2)c(C)c1. The predicted molar refractivity (Wildman–Crippen MR) is 123 cm³/mol. The molecule has 4 aromatic rings. The molecule has 2 aromatic heterocycles. The fraction of sp³-hybridized carbons (Fsp3) is 0.200. The first kappa shape index (κ1) is 21.2. The second-order valence-electron chi connectivity index (χ2n) is 7.35. The minimum absolute atomic E-state index is 0.0854. The van der Waals surface area contributed by atoms with Crippen molar-refractivity contribution < 1.29 is 14.3 Å². The molecule has 0 radical (unpaired) electrons. The molecule has 0 saturated heterocycles. The predicted octanol–water partition coefficient (Wildman–Crippen LogP) is 4.53. The van der Waals surface area contributed by atoms with Crippen LogP contribution >= 0.6 is 0 Å². The van der Waals surface area contributed by atoms with Crippen LogP contribution in [0.25, 0.3) is 33.5 Å². The molecule has 0 spiro atoms. The number of amides is 1. The van der Waals surface area contributed by atoms with Gasteiger partial charge in [0, 0.05) is 28.6 Å². The summed E-state index contributed by atoms with van der Waals surface area (Å²) >= 11 is 0. The average molecular weight is 428 g/mol. The van der Waals surface area contributed by atoms with Gasteiger partial charge in [-0.25, -0.2) is 9.78 Å². The minimum Gasteiger partial charge on any atom is -0.462 e. The first-order chi connectivity index (χ1) is 15.5. The molecule has 2 aromatic carbocycles. The van der Waals surface area contributed by atoms with Crippen LogP contribution in [0.1, 0.15) is 40.1 Å². The van der Waals surface area contributed by atoms with Gasteiger partial charge in [-0.15, -0.1) is 0 Å². The van der Waals surface area contributed by atoms with Crippen LogP contribution in [-0.4, -0.2) is 40.2 Å². The summed E-state index contributed by atoms with van der Waals surface area (Å²) in [6, 6.07) is 16.7. The van der Waals surface area contributed by atoms with Gasteiger partial charge in [0.15, 0.2) is 5.65 Å². The highest BCUT2D eigenvalue weighted by Crippen LogP contribution is 2.29. The molecule has 32 heavy (non-hydrogen) atoms. The fourth-order valence-corrected chi connectivity index (χ4v) is 3.61. The lowest BCUT2D eigenvalue weighted by Gasteiger charge is -2.08. The molecule has 0 fully saturated rings. The maximum absolute atomic E-state index is 12.1. The number of aromatic amines is 1. The van der Waals surface area contributed by atoms with Gasteiger partial charge in [-0.2, -0.15) is 5.10 Å². The summed E-state index contributed by atoms with van der Waals surface area (Å²) in [6.07, 6.45) is 0. The summed E-state index contributed by atoms with van der Waals surface area (Å²) in [7, 11) is 0. The summed E-state index contributed by atoms with van der Waals surface area (Å²) in [5.41, 5.74) is 6.15. The summed E-state index contributed by atoms with van der Waals surface area (Å²) in [4.78, 5) is 28.7. The Labute approximate surface area is 185 Å². The number of benzene rings is 2. The van der Waals surface area contributed by atoms with Crippen LogP contribution in [0.15, 0.2) is 54.6 Å². The number of nitrogens with zero attached hydrogens (tertiary/aromatic N) is 2. The highest BCUT2D eigenvalue weighted by molar-refractivity contribution is 5.96. The fourth-order valence-electron chi connectivity index (χ4n) is 3.61. The van der Waals surface area contributed by atoms with E-state index in [4.69, 9.17) is 9.72 Å². The monoisotopic (exact) mass is 428 g/mol. The number of hydrogen-bond acceptors (Lipinski definition) is 5. The average Bonchev–Trinajstić information content (AvgIpc) is 3.22. The van der Waals surface area contributed by atoms with E-state index in [1.165, 1.54) is 0 Å². The largest absolute Gasteiger partial charge is 0.462 e. The Morgan fingerprint density at radius 3 is 2.44 bits per heavy atom. The lowest BCUT2D eigenvalue weighted by atomic mass is 10.0. The van der Waals surface area contributed by atoms with E-state index >= 15 is 0 Å². The van der Waals surface area contributed by atoms with Gasteiger partial charge in [0.2, 0.25) is 0 Å². The number of rotatable bonds is 6. The number of carbonyl (C=O) groups excluding carboxylic acids is 2. The van der Waals surface area contributed by atoms with Gasteiger partial charge in [-0.1, -0.05) is 18.2 Å². The molecule has 2 N–H and O–H groups in total. The van der Waals surface area contributed by atoms with Crippen LogP contribution in [0.2, 0.25) is 0 Å². The van der Waals surface area contributed by atoms with Crippen molar-refractivity contribution in [3.8, 4) is 22.5 Å². The topological polar surface area (TPSA) is 97.0 Å². The van der Waals surface area contributed by atoms with E-state index in [0.717, 1.165) is 33.5 Å². The molecule has 7 heteroatoms. The Balaban J connectivity index is 1.64. The molecule has 0 aliphatic carbocycles. The molecule has 0 aliphatic rings. The maximum atomic E-state index is 12.1. The van der Waals surface area contributed by atoms with Gasteiger partial charge in [0.05, 0.1) is 17.9 Å². The van der Waals surface area contributed by atoms with Gasteiger partial charge in [0.1, 0.15) is 5.69 Å². The molecule has 4 rings (SSSR count). The summed E-state index contributed by atoms with van der Waals surface area (Å²) < 4.78 is 5.03. The van der Waals surface area contributed by atoms with Gasteiger partial charge in [-0.05, 0) is 62.7 Å². The van der Waals surface area contributed by atoms with Crippen LogP contribution in [0.3, 0.4) is 0 Å². The van der Waals surface area contributed by atoms with Gasteiger partial charge in [-0.3, -0.25) is 9.89 Å². The van der Waals surface area contributed by atoms with E-state index in [1.54, 1.807) is 19.1 Å². The Morgan fingerprint density at radius 2 is 1.75 bits per heavy atom. The Hall–Kier alpha value is -4.00. The van der Waals surface area contributed by atoms with Crippen LogP contribution in [0.5, 0.6) is 0 Å². The molecular formula is C25H24N4O3. The first-order valence-corrected chi connectivity index (χ1v) is 10.5. The van der Waals surface area contributed by atoms with E-state index < -0.39 is 0 Å². The van der Waals surface area contributed by atoms with Crippen molar-refractivity contribution in [1.82, 2.24) is 20.5 Å². The molecule has 1 amide bonds. The lowest BCUT2D eigenvalue weighted by Crippen LogP contribution is -2.22. The summed E-state index contributed by atoms with van der Waals surface area (Å²) in [5, 5.41) is 11.1. The molecule has 0 unspecified atom stereocenters. The number of nitrogens with one attached hydrogen (secondary N) is 2. The zero-order valence-corrected chi connectivity index (χ0v) is 18.2. The second-order valence-corrected chi connectivity index (χ2v) is 7.35. The molecule has 0 aliphatic heterocycles. The normalized spacial score (nSPS) is 10.8. The zero-order valence-electron chi connectivity index (χ0n) is 18.2. The summed E-state index contributed by atoms with van der Waals surface area (Å²) in [5.74, 6) is -0.427. The molecule has 0 atom stereocenters. The van der Waals surface area contributed by atoms with Crippen LogP contribution in [0.4, 0.5) is 0 Å². The van der Waals surface area contributed by atoms with E-state index in [1.807, 2.05) is 56.3 Å². The van der Waals surface area contributed by atoms with Crippen LogP contribution < -0.4 is 5.32 Å². The van der Waals surface area contributed by atoms with Crippen molar-refractivity contribution in [2.45, 2.75) is 20.8 Å². The Morgan fingerprint density at radius 1 is 1.00 bits per heavy atom. The quantitative estimate of drug-likeness (QED) is 0.440. The molecule has 7 nitrogen and oxygen atoms in total. The van der Waals surface area contributed by atoms with E-state index in [9.17, 15) is 9.59 Å². The van der Waals surface area contributed by atoms with Gasteiger partial charge in [0.25, 0.3) is 5.91 Å². The molecule has 162 valence electrons. The third-order valence-corrected chi connectivity index (χ3v) is 5.20. The van der Waals surface area contributed by atoms with Crippen molar-refractivity contribution in [2.24, 2.45) is 0 Å². The van der Waals surface area contributed by atoms with Crippen molar-refractivity contribution in [2.75, 3.05) is 13.2 Å². The minimum atomic E-state index is -0.342. The van der Waals surface area contributed by atoms with Crippen LogP contribution in [0, 0.1) is 6.92 Å². The highest BCUT2D eigenvalue weighted by Gasteiger charge is 2.14. The van der Waals surface area contributed by atoms with E-state index in [0.29, 0.717) is 29.9 Å². The van der Waals surface area contributed by atoms with Crippen molar-refractivity contribution in [1.29, 1.82) is 0 Å². The number of aromatic nitrogens is 3. The second kappa shape index (κ2) is 9.01. The molecular weight excluding hydrogens is 404 g/mol. The lowest BCUT2D eigenvalue weighted by molar-refractivity contribution is 0.0526.